The maximum Gasteiger partial charge on any atom is 0.250 e. The van der Waals surface area contributed by atoms with Gasteiger partial charge < -0.3 is 14.0 Å². The van der Waals surface area contributed by atoms with Gasteiger partial charge in [-0.2, -0.15) is 0 Å². The van der Waals surface area contributed by atoms with Gasteiger partial charge in [0.1, 0.15) is 17.2 Å². The SMILES string of the molecule is CC/C(=C(\c1ccc(O)cc1)c1ccc(O[Si](C)(C)C(C)(C)C)cc1)c1ccc(O[Si](C)(C)C(C)(C)C)cc1. The Hall–Kier alpha value is -2.77. The Morgan fingerprint density at radius 2 is 0.923 bits per heavy atom. The molecule has 0 aliphatic heterocycles. The molecule has 3 nitrogen and oxygen atoms in total. The molecule has 3 rings (SSSR count). The molecule has 0 saturated heterocycles. The van der Waals surface area contributed by atoms with Crippen molar-refractivity contribution in [1.82, 2.24) is 0 Å². The van der Waals surface area contributed by atoms with Gasteiger partial charge in [0.25, 0.3) is 0 Å². The Morgan fingerprint density at radius 1 is 0.590 bits per heavy atom. The second-order valence-corrected chi connectivity index (χ2v) is 23.0. The summed E-state index contributed by atoms with van der Waals surface area (Å²) < 4.78 is 13.1. The number of allylic oxidation sites excluding steroid dienone is 1. The van der Waals surface area contributed by atoms with Gasteiger partial charge >= 0.3 is 0 Å². The highest BCUT2D eigenvalue weighted by Crippen LogP contribution is 2.40. The van der Waals surface area contributed by atoms with Crippen molar-refractivity contribution in [2.75, 3.05) is 0 Å². The maximum absolute atomic E-state index is 9.97. The van der Waals surface area contributed by atoms with Crippen LogP contribution in [-0.4, -0.2) is 21.7 Å². The molecule has 0 unspecified atom stereocenters. The molecule has 0 spiro atoms. The smallest absolute Gasteiger partial charge is 0.250 e. The summed E-state index contributed by atoms with van der Waals surface area (Å²) in [6.45, 7) is 24.9. The zero-order valence-corrected chi connectivity index (χ0v) is 27.9. The quantitative estimate of drug-likeness (QED) is 0.220. The van der Waals surface area contributed by atoms with Crippen LogP contribution in [0.4, 0.5) is 0 Å². The van der Waals surface area contributed by atoms with Crippen molar-refractivity contribution in [2.45, 2.75) is 91.2 Å². The molecular formula is C34H48O3Si2. The lowest BCUT2D eigenvalue weighted by Gasteiger charge is -2.36. The van der Waals surface area contributed by atoms with E-state index in [9.17, 15) is 5.11 Å². The number of phenols is 1. The summed E-state index contributed by atoms with van der Waals surface area (Å²) in [5.41, 5.74) is 5.78. The average molecular weight is 561 g/mol. The van der Waals surface area contributed by atoms with Crippen LogP contribution >= 0.6 is 0 Å². The molecule has 0 amide bonds. The first-order valence-electron chi connectivity index (χ1n) is 14.1. The molecular weight excluding hydrogens is 513 g/mol. The summed E-state index contributed by atoms with van der Waals surface area (Å²) >= 11 is 0. The molecule has 3 aromatic rings. The van der Waals surface area contributed by atoms with E-state index in [1.807, 2.05) is 12.1 Å². The van der Waals surface area contributed by atoms with E-state index in [2.05, 4.69) is 123 Å². The summed E-state index contributed by atoms with van der Waals surface area (Å²) in [6, 6.07) is 24.6. The summed E-state index contributed by atoms with van der Waals surface area (Å²) in [7, 11) is -3.84. The Labute approximate surface area is 239 Å². The summed E-state index contributed by atoms with van der Waals surface area (Å²) in [4.78, 5) is 0. The lowest BCUT2D eigenvalue weighted by Crippen LogP contribution is -2.43. The zero-order chi connectivity index (χ0) is 29.2. The van der Waals surface area contributed by atoms with Crippen molar-refractivity contribution in [3.05, 3.63) is 89.5 Å². The number of phenolic OH excluding ortho intramolecular Hbond substituents is 1. The topological polar surface area (TPSA) is 38.7 Å². The zero-order valence-electron chi connectivity index (χ0n) is 25.9. The largest absolute Gasteiger partial charge is 0.544 e. The summed E-state index contributed by atoms with van der Waals surface area (Å²) in [6.07, 6.45) is 0.862. The van der Waals surface area contributed by atoms with Crippen molar-refractivity contribution >= 4 is 27.8 Å². The monoisotopic (exact) mass is 560 g/mol. The van der Waals surface area contributed by atoms with E-state index in [0.29, 0.717) is 0 Å². The maximum atomic E-state index is 9.97. The van der Waals surface area contributed by atoms with Gasteiger partial charge in [-0.15, -0.1) is 0 Å². The molecule has 0 bridgehead atoms. The first-order chi connectivity index (χ1) is 17.9. The van der Waals surface area contributed by atoms with Gasteiger partial charge in [-0.05, 0) is 107 Å². The second kappa shape index (κ2) is 11.4. The summed E-state index contributed by atoms with van der Waals surface area (Å²) in [5.74, 6) is 2.11. The fourth-order valence-electron chi connectivity index (χ4n) is 3.98. The van der Waals surface area contributed by atoms with Crippen molar-refractivity contribution in [1.29, 1.82) is 0 Å². The highest BCUT2D eigenvalue weighted by atomic mass is 28.4. The van der Waals surface area contributed by atoms with Crippen molar-refractivity contribution in [3.8, 4) is 17.2 Å². The van der Waals surface area contributed by atoms with Gasteiger partial charge in [0.05, 0.1) is 0 Å². The molecule has 0 atom stereocenters. The van der Waals surface area contributed by atoms with Gasteiger partial charge in [0.2, 0.25) is 16.6 Å². The molecule has 0 radical (unpaired) electrons. The standard InChI is InChI=1S/C34H48O3Si2/c1-12-31(25-15-21-29(22-16-25)36-38(8,9)33(2,3)4)32(26-13-19-28(35)20-14-26)27-17-23-30(24-18-27)37-39(10,11)34(5,6)7/h13-24,35H,12H2,1-11H3/b32-31-. The van der Waals surface area contributed by atoms with E-state index in [-0.39, 0.29) is 15.8 Å². The Bertz CT molecular complexity index is 1270. The highest BCUT2D eigenvalue weighted by molar-refractivity contribution is 6.75. The third-order valence-corrected chi connectivity index (χ3v) is 17.2. The second-order valence-electron chi connectivity index (χ2n) is 13.5. The number of benzene rings is 3. The normalized spacial score (nSPS) is 13.6. The molecule has 0 saturated carbocycles. The molecule has 210 valence electrons. The van der Waals surface area contributed by atoms with Crippen LogP contribution in [0, 0.1) is 0 Å². The minimum absolute atomic E-state index is 0.138. The van der Waals surface area contributed by atoms with E-state index in [0.717, 1.165) is 34.6 Å². The van der Waals surface area contributed by atoms with Crippen LogP contribution in [0.3, 0.4) is 0 Å². The molecule has 0 aromatic heterocycles. The lowest BCUT2D eigenvalue weighted by atomic mass is 9.88. The van der Waals surface area contributed by atoms with Crippen LogP contribution in [0.1, 0.15) is 71.6 Å². The Kier molecular flexibility index (Phi) is 8.98. The third-order valence-electron chi connectivity index (χ3n) is 8.52. The fourth-order valence-corrected chi connectivity index (χ4v) is 6.04. The van der Waals surface area contributed by atoms with E-state index >= 15 is 0 Å². The minimum atomic E-state index is -1.93. The van der Waals surface area contributed by atoms with Crippen molar-refractivity contribution < 1.29 is 14.0 Å². The van der Waals surface area contributed by atoms with Crippen LogP contribution in [0.5, 0.6) is 17.2 Å². The number of hydrogen-bond donors (Lipinski definition) is 1. The van der Waals surface area contributed by atoms with Gasteiger partial charge in [-0.25, -0.2) is 0 Å². The third kappa shape index (κ3) is 7.26. The summed E-state index contributed by atoms with van der Waals surface area (Å²) in [5, 5.41) is 10.3. The van der Waals surface area contributed by atoms with E-state index < -0.39 is 16.6 Å². The molecule has 39 heavy (non-hydrogen) atoms. The number of aromatic hydroxyl groups is 1. The van der Waals surface area contributed by atoms with Crippen LogP contribution in [0.15, 0.2) is 72.8 Å². The number of rotatable bonds is 8. The van der Waals surface area contributed by atoms with Gasteiger partial charge in [-0.1, -0.05) is 84.9 Å². The fraction of sp³-hybridized carbons (Fsp3) is 0.412. The molecule has 3 aromatic carbocycles. The molecule has 0 fully saturated rings. The first kappa shape index (κ1) is 30.8. The lowest BCUT2D eigenvalue weighted by molar-refractivity contribution is 0.475. The van der Waals surface area contributed by atoms with Crippen molar-refractivity contribution in [3.63, 3.8) is 0 Å². The molecule has 5 heteroatoms. The van der Waals surface area contributed by atoms with Gasteiger partial charge in [0, 0.05) is 0 Å². The average Bonchev–Trinajstić information content (AvgIpc) is 2.83. The van der Waals surface area contributed by atoms with E-state index in [1.165, 1.54) is 11.1 Å². The van der Waals surface area contributed by atoms with Crippen LogP contribution < -0.4 is 8.85 Å². The molecule has 0 aliphatic carbocycles. The Morgan fingerprint density at radius 3 is 1.26 bits per heavy atom. The van der Waals surface area contributed by atoms with E-state index in [1.54, 1.807) is 12.1 Å². The van der Waals surface area contributed by atoms with Crippen LogP contribution in [-0.2, 0) is 0 Å². The van der Waals surface area contributed by atoms with Gasteiger partial charge in [-0.3, -0.25) is 0 Å². The van der Waals surface area contributed by atoms with Crippen LogP contribution in [0.2, 0.25) is 36.3 Å². The van der Waals surface area contributed by atoms with Crippen LogP contribution in [0.25, 0.3) is 11.1 Å². The van der Waals surface area contributed by atoms with Crippen molar-refractivity contribution in [2.24, 2.45) is 0 Å². The minimum Gasteiger partial charge on any atom is -0.544 e. The molecule has 1 N–H and O–H groups in total. The highest BCUT2D eigenvalue weighted by Gasteiger charge is 2.39. The predicted molar refractivity (Wildman–Crippen MR) is 173 cm³/mol. The molecule has 0 heterocycles. The van der Waals surface area contributed by atoms with Gasteiger partial charge in [0.15, 0.2) is 0 Å². The Balaban J connectivity index is 2.06. The predicted octanol–water partition coefficient (Wildman–Crippen LogP) is 10.5. The van der Waals surface area contributed by atoms with E-state index in [4.69, 9.17) is 8.85 Å². The number of hydrogen-bond acceptors (Lipinski definition) is 3. The first-order valence-corrected chi connectivity index (χ1v) is 19.9. The molecule has 0 aliphatic rings.